The Morgan fingerprint density at radius 3 is 0.521 bits per heavy atom. The van der Waals surface area contributed by atoms with Gasteiger partial charge in [0.1, 0.15) is 17.2 Å². The zero-order valence-corrected chi connectivity index (χ0v) is 80.9. The van der Waals surface area contributed by atoms with E-state index in [9.17, 15) is 14.4 Å². The number of nitrogens with zero attached hydrogens (tertiary/aromatic N) is 3. The van der Waals surface area contributed by atoms with Gasteiger partial charge in [0.05, 0.1) is 16.7 Å². The number of ether oxygens (including phenoxy) is 3. The summed E-state index contributed by atoms with van der Waals surface area (Å²) < 4.78 is 19.0. The first-order valence-electron chi connectivity index (χ1n) is 48.7. The molecule has 0 spiro atoms. The van der Waals surface area contributed by atoms with Gasteiger partial charge in [-0.15, -0.1) is 0 Å². The number of esters is 3. The molecule has 0 unspecified atom stereocenters. The number of rotatable bonds is 18. The van der Waals surface area contributed by atoms with Crippen molar-refractivity contribution in [2.24, 2.45) is 0 Å². The summed E-state index contributed by atoms with van der Waals surface area (Å²) in [7, 11) is 0. The predicted molar refractivity (Wildman–Crippen MR) is 569 cm³/mol. The van der Waals surface area contributed by atoms with E-state index in [-0.39, 0.29) is 32.5 Å². The van der Waals surface area contributed by atoms with E-state index in [1.165, 1.54) is 134 Å². The number of anilines is 9. The van der Waals surface area contributed by atoms with Gasteiger partial charge in [-0.2, -0.15) is 0 Å². The van der Waals surface area contributed by atoms with Crippen molar-refractivity contribution in [2.75, 3.05) is 14.7 Å². The number of fused-ring (bicyclic) bond motifs is 18. The van der Waals surface area contributed by atoms with Crippen LogP contribution < -0.4 is 28.9 Å². The number of benzene rings is 18. The normalized spacial score (nSPS) is 14.9. The Kier molecular flexibility index (Phi) is 19.8. The van der Waals surface area contributed by atoms with Gasteiger partial charge in [0.2, 0.25) is 0 Å². The van der Waals surface area contributed by atoms with Crippen molar-refractivity contribution in [3.05, 3.63) is 501 Å². The van der Waals surface area contributed by atoms with Crippen molar-refractivity contribution in [2.45, 2.75) is 128 Å². The summed E-state index contributed by atoms with van der Waals surface area (Å²) in [6, 6.07) is 139. The fourth-order valence-corrected chi connectivity index (χ4v) is 24.1. The van der Waals surface area contributed by atoms with E-state index in [0.29, 0.717) is 33.9 Å². The minimum atomic E-state index is -0.913. The molecule has 18 aromatic rings. The van der Waals surface area contributed by atoms with Crippen LogP contribution in [0.25, 0.3) is 66.8 Å². The Morgan fingerprint density at radius 2 is 0.343 bits per heavy atom. The van der Waals surface area contributed by atoms with Crippen LogP contribution in [0.15, 0.2) is 400 Å². The lowest BCUT2D eigenvalue weighted by molar-refractivity contribution is 0.0725. The first kappa shape index (κ1) is 86.6. The van der Waals surface area contributed by atoms with E-state index in [2.05, 4.69) is 359 Å². The third-order valence-corrected chi connectivity index (χ3v) is 32.0. The molecule has 0 bridgehead atoms. The van der Waals surface area contributed by atoms with Gasteiger partial charge in [0, 0.05) is 89.1 Å². The fraction of sp³-hybridized carbons (Fsp3) is 0.153. The minimum Gasteiger partial charge on any atom is -0.423 e. The highest BCUT2D eigenvalue weighted by Gasteiger charge is 2.44. The Labute approximate surface area is 819 Å². The van der Waals surface area contributed by atoms with Gasteiger partial charge in [0.25, 0.3) is 0 Å². The first-order valence-corrected chi connectivity index (χ1v) is 48.7. The first-order chi connectivity index (χ1) is 67.5. The second kappa shape index (κ2) is 31.9. The predicted octanol–water partition coefficient (Wildman–Crippen LogP) is 32.9. The van der Waals surface area contributed by atoms with E-state index in [1.54, 1.807) is 0 Å². The number of carbonyl (C=O) groups excluding carboxylic acids is 3. The minimum absolute atomic E-state index is 0.233. The van der Waals surface area contributed by atoms with Crippen LogP contribution in [-0.2, 0) is 37.9 Å². The average molecular weight is 1820 g/mol. The molecule has 0 atom stereocenters. The van der Waals surface area contributed by atoms with Gasteiger partial charge < -0.3 is 28.9 Å². The van der Waals surface area contributed by atoms with Crippen LogP contribution in [0.4, 0.5) is 51.2 Å². The summed E-state index contributed by atoms with van der Waals surface area (Å²) in [5, 5.41) is 0. The van der Waals surface area contributed by atoms with Crippen LogP contribution in [-0.4, -0.2) is 17.9 Å². The molecule has 680 valence electrons. The standard InChI is InChI=1S/C131H105N3O6/c1-125(2)110-32-20-14-26-98(110)104-68-56-89(74-116(104)125)132(90-57-69-105-99-27-15-21-33-111(99)126(3,4)117(105)75-90)86-50-38-80(39-51-86)122(135)138-95-62-44-83(45-63-95)131(13,84-46-64-96(65-47-84)139-123(136)81-40-52-87(53-41-81)133(91-58-70-106-100-28-16-22-34-112(100)127(5,6)118(106)76-91)92-59-71-107-101-29-17-23-35-113(101)128(7,8)119(107)77-92)85-48-66-97(67-49-85)140-124(137)82-42-54-88(55-43-82)134(93-60-72-108-102-30-18-24-36-114(102)129(9,10)120(108)78-93)94-61-73-109-103-31-19-25-37-115(103)130(11,12)121(109)79-94/h14-79H,1-13H3. The van der Waals surface area contributed by atoms with Gasteiger partial charge in [-0.05, 0) is 339 Å². The molecular formula is C131H105N3O6. The van der Waals surface area contributed by atoms with Crippen LogP contribution in [0.5, 0.6) is 17.2 Å². The summed E-state index contributed by atoms with van der Waals surface area (Å²) in [5.74, 6) is -0.449. The van der Waals surface area contributed by atoms with Crippen molar-refractivity contribution < 1.29 is 28.6 Å². The molecule has 0 heterocycles. The lowest BCUT2D eigenvalue weighted by Crippen LogP contribution is -2.25. The summed E-state index contributed by atoms with van der Waals surface area (Å²) in [6.45, 7) is 29.9. The molecule has 0 fully saturated rings. The third kappa shape index (κ3) is 13.6. The van der Waals surface area contributed by atoms with Gasteiger partial charge >= 0.3 is 17.9 Å². The Balaban J connectivity index is 0.529. The van der Waals surface area contributed by atoms with E-state index in [0.717, 1.165) is 67.9 Å². The summed E-state index contributed by atoms with van der Waals surface area (Å²) >= 11 is 0. The van der Waals surface area contributed by atoms with Crippen molar-refractivity contribution in [1.82, 2.24) is 0 Å². The van der Waals surface area contributed by atoms with Crippen molar-refractivity contribution in [1.29, 1.82) is 0 Å². The maximum absolute atomic E-state index is 14.7. The Bertz CT molecular complexity index is 7110. The zero-order chi connectivity index (χ0) is 96.0. The van der Waals surface area contributed by atoms with E-state index in [4.69, 9.17) is 14.2 Å². The molecule has 0 aliphatic heterocycles. The molecule has 0 amide bonds. The molecule has 9 nitrogen and oxygen atoms in total. The SMILES string of the molecule is CC1(C)c2ccccc2-c2ccc(N(c3ccc(C(=O)Oc4ccc(C(C)(c5ccc(OC(=O)c6ccc(N(c7ccc8c(c7)C(C)(C)c7ccccc7-8)c7ccc8c(c7)C(C)(C)c7ccccc7-8)cc6)cc5)c5ccc(OC(=O)c6ccc(N(c7ccc8c(c7)C(C)(C)c7ccccc7-8)c7ccc8c(c7)C(C)(C)c7ccccc7-8)cc6)cc5)cc4)cc3)c3ccc4c(c3)C(C)(C)c3ccccc3-4)cc21. The molecule has 0 radical (unpaired) electrons. The van der Waals surface area contributed by atoms with Crippen LogP contribution in [0.3, 0.4) is 0 Å². The monoisotopic (exact) mass is 1820 g/mol. The molecule has 18 aromatic carbocycles. The van der Waals surface area contributed by atoms with Gasteiger partial charge in [-0.1, -0.05) is 301 Å². The van der Waals surface area contributed by atoms with Crippen LogP contribution in [0.1, 0.15) is 205 Å². The molecule has 0 N–H and O–H groups in total. The largest absolute Gasteiger partial charge is 0.423 e. The third-order valence-electron chi connectivity index (χ3n) is 32.0. The second-order valence-corrected chi connectivity index (χ2v) is 41.9. The second-order valence-electron chi connectivity index (χ2n) is 41.9. The smallest absolute Gasteiger partial charge is 0.343 e. The van der Waals surface area contributed by atoms with Gasteiger partial charge in [-0.3, -0.25) is 0 Å². The maximum Gasteiger partial charge on any atom is 0.343 e. The Morgan fingerprint density at radius 1 is 0.186 bits per heavy atom. The quantitative estimate of drug-likeness (QED) is 0.0473. The van der Waals surface area contributed by atoms with Gasteiger partial charge in [0.15, 0.2) is 0 Å². The highest BCUT2D eigenvalue weighted by atomic mass is 16.5. The van der Waals surface area contributed by atoms with Crippen LogP contribution >= 0.6 is 0 Å². The molecule has 6 aliphatic carbocycles. The van der Waals surface area contributed by atoms with Gasteiger partial charge in [-0.25, -0.2) is 14.4 Å². The van der Waals surface area contributed by atoms with Crippen LogP contribution in [0.2, 0.25) is 0 Å². The number of hydrogen-bond acceptors (Lipinski definition) is 9. The van der Waals surface area contributed by atoms with Crippen molar-refractivity contribution in [3.63, 3.8) is 0 Å². The molecule has 24 rings (SSSR count). The zero-order valence-electron chi connectivity index (χ0n) is 80.9. The molecule has 0 aromatic heterocycles. The van der Waals surface area contributed by atoms with Crippen LogP contribution in [0, 0.1) is 0 Å². The molecule has 0 saturated heterocycles. The molecule has 9 heteroatoms. The summed E-state index contributed by atoms with van der Waals surface area (Å²) in [5.41, 5.74) is 40.5. The highest BCUT2D eigenvalue weighted by molar-refractivity contribution is 5.98. The van der Waals surface area contributed by atoms with Crippen molar-refractivity contribution >= 4 is 69.1 Å². The lowest BCUT2D eigenvalue weighted by Gasteiger charge is -2.32. The fourth-order valence-electron chi connectivity index (χ4n) is 24.1. The summed E-state index contributed by atoms with van der Waals surface area (Å²) in [6.07, 6.45) is 0. The van der Waals surface area contributed by atoms with E-state index >= 15 is 0 Å². The maximum atomic E-state index is 14.7. The molecule has 140 heavy (non-hydrogen) atoms. The van der Waals surface area contributed by atoms with E-state index in [1.807, 2.05) is 146 Å². The highest BCUT2D eigenvalue weighted by Crippen LogP contribution is 2.59. The average Bonchev–Trinajstić information content (AvgIpc) is 1.58. The van der Waals surface area contributed by atoms with E-state index < -0.39 is 23.3 Å². The molecular weight excluding hydrogens is 1710 g/mol. The summed E-state index contributed by atoms with van der Waals surface area (Å²) in [4.78, 5) is 50.9. The molecule has 0 saturated carbocycles. The number of carbonyl (C=O) groups is 3. The molecule has 6 aliphatic rings. The number of hydrogen-bond donors (Lipinski definition) is 0. The topological polar surface area (TPSA) is 88.6 Å². The Hall–Kier alpha value is -16.2. The van der Waals surface area contributed by atoms with Crippen molar-refractivity contribution in [3.8, 4) is 84.0 Å². The lowest BCUT2D eigenvalue weighted by atomic mass is 9.71.